The Hall–Kier alpha value is -3.45. The van der Waals surface area contributed by atoms with Gasteiger partial charge in [0.25, 0.3) is 5.91 Å². The Kier molecular flexibility index (Phi) is 5.61. The third-order valence-corrected chi connectivity index (χ3v) is 5.38. The van der Waals surface area contributed by atoms with E-state index in [1.165, 1.54) is 0 Å². The zero-order valence-electron chi connectivity index (χ0n) is 17.8. The van der Waals surface area contributed by atoms with Crippen molar-refractivity contribution in [3.63, 3.8) is 0 Å². The van der Waals surface area contributed by atoms with Gasteiger partial charge in [-0.2, -0.15) is 9.61 Å². The number of nitrogens with zero attached hydrogens (tertiary/aromatic N) is 4. The molecule has 4 rings (SSSR count). The first kappa shape index (κ1) is 20.8. The van der Waals surface area contributed by atoms with Crippen LogP contribution in [-0.4, -0.2) is 32.5 Å². The van der Waals surface area contributed by atoms with Gasteiger partial charge in [0.15, 0.2) is 5.65 Å². The van der Waals surface area contributed by atoms with Gasteiger partial charge in [0, 0.05) is 42.8 Å². The molecule has 0 aliphatic carbocycles. The normalized spacial score (nSPS) is 11.0. The fourth-order valence-corrected chi connectivity index (χ4v) is 3.81. The van der Waals surface area contributed by atoms with E-state index < -0.39 is 0 Å². The van der Waals surface area contributed by atoms with Crippen molar-refractivity contribution in [2.45, 2.75) is 27.3 Å². The molecule has 0 saturated heterocycles. The van der Waals surface area contributed by atoms with Crippen LogP contribution in [0.5, 0.6) is 0 Å². The molecule has 1 amide bonds. The number of aryl methyl sites for hydroxylation is 3. The van der Waals surface area contributed by atoms with Gasteiger partial charge in [0.1, 0.15) is 5.82 Å². The lowest BCUT2D eigenvalue weighted by atomic mass is 10.0. The molecule has 0 fully saturated rings. The van der Waals surface area contributed by atoms with E-state index in [2.05, 4.69) is 15.6 Å². The second kappa shape index (κ2) is 8.35. The summed E-state index contributed by atoms with van der Waals surface area (Å²) in [4.78, 5) is 21.2. The predicted octanol–water partition coefficient (Wildman–Crippen LogP) is 4.34. The Morgan fingerprint density at radius 1 is 1.10 bits per heavy atom. The van der Waals surface area contributed by atoms with E-state index in [1.807, 2.05) is 45.0 Å². The van der Waals surface area contributed by atoms with E-state index in [0.29, 0.717) is 17.1 Å². The van der Waals surface area contributed by atoms with Crippen molar-refractivity contribution in [1.29, 1.82) is 0 Å². The third kappa shape index (κ3) is 4.09. The van der Waals surface area contributed by atoms with Crippen LogP contribution in [0.1, 0.15) is 33.0 Å². The highest BCUT2D eigenvalue weighted by Gasteiger charge is 2.18. The lowest BCUT2D eigenvalue weighted by Crippen LogP contribution is -2.18. The van der Waals surface area contributed by atoms with Crippen LogP contribution in [-0.2, 0) is 6.54 Å². The zero-order valence-corrected chi connectivity index (χ0v) is 18.6. The SMILES string of the molecule is CNC(=O)c1cc(-c2c(C)nn3c(NCc4ccnc(C)c4)cc(C)nc23)ccc1Cl. The number of carbonyl (C=O) groups is 1. The van der Waals surface area contributed by atoms with E-state index >= 15 is 0 Å². The number of nitrogens with one attached hydrogen (secondary N) is 2. The maximum Gasteiger partial charge on any atom is 0.252 e. The summed E-state index contributed by atoms with van der Waals surface area (Å²) >= 11 is 6.24. The van der Waals surface area contributed by atoms with Crippen molar-refractivity contribution in [3.8, 4) is 11.1 Å². The van der Waals surface area contributed by atoms with Crippen LogP contribution in [0, 0.1) is 20.8 Å². The molecule has 0 atom stereocenters. The van der Waals surface area contributed by atoms with Gasteiger partial charge in [0.05, 0.1) is 16.3 Å². The van der Waals surface area contributed by atoms with Gasteiger partial charge in [-0.25, -0.2) is 4.98 Å². The first-order chi connectivity index (χ1) is 14.9. The smallest absolute Gasteiger partial charge is 0.252 e. The molecule has 0 aliphatic rings. The van der Waals surface area contributed by atoms with E-state index in [4.69, 9.17) is 21.7 Å². The molecular weight excluding hydrogens is 412 g/mol. The van der Waals surface area contributed by atoms with Crippen molar-refractivity contribution < 1.29 is 4.79 Å². The number of amides is 1. The summed E-state index contributed by atoms with van der Waals surface area (Å²) in [5.74, 6) is 0.604. The van der Waals surface area contributed by atoms with E-state index in [0.717, 1.165) is 45.2 Å². The summed E-state index contributed by atoms with van der Waals surface area (Å²) in [5.41, 5.74) is 6.62. The van der Waals surface area contributed by atoms with Crippen molar-refractivity contribution in [2.75, 3.05) is 12.4 Å². The molecule has 158 valence electrons. The molecule has 8 heteroatoms. The second-order valence-corrected chi connectivity index (χ2v) is 7.82. The lowest BCUT2D eigenvalue weighted by Gasteiger charge is -2.11. The maximum atomic E-state index is 12.2. The molecule has 0 saturated carbocycles. The van der Waals surface area contributed by atoms with Crippen molar-refractivity contribution in [1.82, 2.24) is 24.9 Å². The van der Waals surface area contributed by atoms with Crippen molar-refractivity contribution in [2.24, 2.45) is 0 Å². The molecule has 7 nitrogen and oxygen atoms in total. The summed E-state index contributed by atoms with van der Waals surface area (Å²) in [5, 5.41) is 11.2. The van der Waals surface area contributed by atoms with Gasteiger partial charge in [0.2, 0.25) is 0 Å². The molecule has 0 aliphatic heterocycles. The first-order valence-corrected chi connectivity index (χ1v) is 10.3. The summed E-state index contributed by atoms with van der Waals surface area (Å²) in [6.07, 6.45) is 1.81. The van der Waals surface area contributed by atoms with Crippen LogP contribution in [0.2, 0.25) is 5.02 Å². The van der Waals surface area contributed by atoms with Gasteiger partial charge in [-0.05, 0) is 56.2 Å². The standard InChI is InChI=1S/C23H23ClN6O/c1-13-9-16(7-8-26-13)12-27-20-10-14(2)28-22-21(15(3)29-30(20)22)17-5-6-19(24)18(11-17)23(31)25-4/h5-11,27H,12H2,1-4H3,(H,25,31). The molecule has 3 heterocycles. The number of rotatable bonds is 5. The monoisotopic (exact) mass is 434 g/mol. The van der Waals surface area contributed by atoms with Crippen molar-refractivity contribution >= 4 is 29.0 Å². The molecule has 3 aromatic heterocycles. The van der Waals surface area contributed by atoms with E-state index in [1.54, 1.807) is 29.9 Å². The fraction of sp³-hybridized carbons (Fsp3) is 0.217. The van der Waals surface area contributed by atoms with Gasteiger partial charge >= 0.3 is 0 Å². The minimum absolute atomic E-state index is 0.236. The number of pyridine rings is 1. The number of benzene rings is 1. The molecule has 1 aromatic carbocycles. The molecule has 0 bridgehead atoms. The summed E-state index contributed by atoms with van der Waals surface area (Å²) in [6.45, 7) is 6.49. The van der Waals surface area contributed by atoms with Gasteiger partial charge in [-0.3, -0.25) is 9.78 Å². The van der Waals surface area contributed by atoms with Crippen LogP contribution < -0.4 is 10.6 Å². The Morgan fingerprint density at radius 3 is 2.65 bits per heavy atom. The number of aromatic nitrogens is 4. The first-order valence-electron chi connectivity index (χ1n) is 9.91. The topological polar surface area (TPSA) is 84.2 Å². The van der Waals surface area contributed by atoms with Crippen LogP contribution in [0.4, 0.5) is 5.82 Å². The molecule has 4 aromatic rings. The minimum atomic E-state index is -0.236. The lowest BCUT2D eigenvalue weighted by molar-refractivity contribution is 0.0963. The Bertz CT molecular complexity index is 1300. The van der Waals surface area contributed by atoms with Crippen LogP contribution in [0.3, 0.4) is 0 Å². The molecule has 31 heavy (non-hydrogen) atoms. The highest BCUT2D eigenvalue weighted by atomic mass is 35.5. The molecule has 0 radical (unpaired) electrons. The second-order valence-electron chi connectivity index (χ2n) is 7.41. The van der Waals surface area contributed by atoms with E-state index in [9.17, 15) is 4.79 Å². The predicted molar refractivity (Wildman–Crippen MR) is 123 cm³/mol. The highest BCUT2D eigenvalue weighted by molar-refractivity contribution is 6.34. The number of halogens is 1. The highest BCUT2D eigenvalue weighted by Crippen LogP contribution is 2.32. The fourth-order valence-electron chi connectivity index (χ4n) is 3.60. The van der Waals surface area contributed by atoms with Crippen molar-refractivity contribution in [3.05, 3.63) is 75.8 Å². The number of fused-ring (bicyclic) bond motifs is 1. The quantitative estimate of drug-likeness (QED) is 0.488. The molecular formula is C23H23ClN6O. The Labute approximate surface area is 185 Å². The largest absolute Gasteiger partial charge is 0.366 e. The molecule has 0 spiro atoms. The van der Waals surface area contributed by atoms with Gasteiger partial charge in [-0.1, -0.05) is 17.7 Å². The Morgan fingerprint density at radius 2 is 1.90 bits per heavy atom. The molecule has 0 unspecified atom stereocenters. The average molecular weight is 435 g/mol. The Balaban J connectivity index is 1.78. The van der Waals surface area contributed by atoms with Crippen LogP contribution in [0.25, 0.3) is 16.8 Å². The number of hydrogen-bond acceptors (Lipinski definition) is 5. The minimum Gasteiger partial charge on any atom is -0.366 e. The zero-order chi connectivity index (χ0) is 22.1. The van der Waals surface area contributed by atoms with E-state index in [-0.39, 0.29) is 5.91 Å². The number of carbonyl (C=O) groups excluding carboxylic acids is 1. The van der Waals surface area contributed by atoms with Gasteiger partial charge in [-0.15, -0.1) is 0 Å². The van der Waals surface area contributed by atoms with Crippen LogP contribution in [0.15, 0.2) is 42.6 Å². The number of anilines is 1. The molecule has 2 N–H and O–H groups in total. The third-order valence-electron chi connectivity index (χ3n) is 5.05. The van der Waals surface area contributed by atoms with Crippen LogP contribution >= 0.6 is 11.6 Å². The average Bonchev–Trinajstić information content (AvgIpc) is 3.07. The summed E-state index contributed by atoms with van der Waals surface area (Å²) in [6, 6.07) is 11.4. The summed E-state index contributed by atoms with van der Waals surface area (Å²) in [7, 11) is 1.58. The maximum absolute atomic E-state index is 12.2. The summed E-state index contributed by atoms with van der Waals surface area (Å²) < 4.78 is 1.81. The van der Waals surface area contributed by atoms with Gasteiger partial charge < -0.3 is 10.6 Å². The number of hydrogen-bond donors (Lipinski definition) is 2.